The standard InChI is InChI=1S/C8H16OS2/c1-4-7(2)8(3)10-5-6-11(8)9/h7H,4-6H2,1-3H3/t7?,8-,11-/m1/s1. The minimum Gasteiger partial charge on any atom is -0.258 e. The first-order valence-corrected chi connectivity index (χ1v) is 6.44. The van der Waals surface area contributed by atoms with Crippen molar-refractivity contribution in [2.75, 3.05) is 11.5 Å². The molecule has 1 nitrogen and oxygen atoms in total. The summed E-state index contributed by atoms with van der Waals surface area (Å²) in [4.78, 5) is 0. The van der Waals surface area contributed by atoms with Crippen LogP contribution in [-0.2, 0) is 10.8 Å². The maximum atomic E-state index is 11.6. The van der Waals surface area contributed by atoms with E-state index in [1.54, 1.807) is 0 Å². The van der Waals surface area contributed by atoms with E-state index in [-0.39, 0.29) is 4.08 Å². The molecule has 0 saturated carbocycles. The zero-order valence-corrected chi connectivity index (χ0v) is 9.06. The Morgan fingerprint density at radius 3 is 2.73 bits per heavy atom. The largest absolute Gasteiger partial charge is 0.258 e. The number of rotatable bonds is 2. The van der Waals surface area contributed by atoms with E-state index in [0.717, 1.165) is 17.9 Å². The molecule has 0 bridgehead atoms. The Labute approximate surface area is 75.8 Å². The topological polar surface area (TPSA) is 17.1 Å². The van der Waals surface area contributed by atoms with Crippen LogP contribution in [0.3, 0.4) is 0 Å². The zero-order chi connectivity index (χ0) is 8.48. The first kappa shape index (κ1) is 9.59. The molecule has 3 atom stereocenters. The summed E-state index contributed by atoms with van der Waals surface area (Å²) in [6.07, 6.45) is 1.13. The molecule has 0 radical (unpaired) electrons. The van der Waals surface area contributed by atoms with Crippen molar-refractivity contribution in [3.05, 3.63) is 0 Å². The SMILES string of the molecule is CCC(C)[C@]1(C)SCC[S@]1=O. The second-order valence-electron chi connectivity index (χ2n) is 3.22. The molecule has 1 saturated heterocycles. The fourth-order valence-corrected chi connectivity index (χ4v) is 5.17. The molecular formula is C8H16OS2. The number of hydrogen-bond acceptors (Lipinski definition) is 2. The molecule has 1 heterocycles. The van der Waals surface area contributed by atoms with Crippen LogP contribution in [0, 0.1) is 5.92 Å². The second kappa shape index (κ2) is 3.48. The maximum absolute atomic E-state index is 11.6. The molecule has 0 spiro atoms. The summed E-state index contributed by atoms with van der Waals surface area (Å²) in [7, 11) is -0.593. The minimum atomic E-state index is -0.593. The number of thioether (sulfide) groups is 1. The van der Waals surface area contributed by atoms with Gasteiger partial charge in [-0.15, -0.1) is 11.8 Å². The molecular weight excluding hydrogens is 176 g/mol. The van der Waals surface area contributed by atoms with Crippen molar-refractivity contribution in [3.63, 3.8) is 0 Å². The van der Waals surface area contributed by atoms with E-state index in [9.17, 15) is 4.21 Å². The van der Waals surface area contributed by atoms with Gasteiger partial charge in [0.2, 0.25) is 0 Å². The molecule has 0 aromatic rings. The molecule has 11 heavy (non-hydrogen) atoms. The van der Waals surface area contributed by atoms with Crippen molar-refractivity contribution in [2.24, 2.45) is 5.92 Å². The Hall–Kier alpha value is 0.500. The molecule has 1 aliphatic rings. The molecule has 0 aliphatic carbocycles. The summed E-state index contributed by atoms with van der Waals surface area (Å²) in [6, 6.07) is 0. The van der Waals surface area contributed by atoms with E-state index in [0.29, 0.717) is 5.92 Å². The van der Waals surface area contributed by atoms with Crippen LogP contribution in [0.2, 0.25) is 0 Å². The van der Waals surface area contributed by atoms with Gasteiger partial charge < -0.3 is 0 Å². The summed E-state index contributed by atoms with van der Waals surface area (Å²) in [5.74, 6) is 2.55. The highest BCUT2D eigenvalue weighted by Crippen LogP contribution is 2.42. The third-order valence-electron chi connectivity index (χ3n) is 2.62. The molecule has 3 heteroatoms. The van der Waals surface area contributed by atoms with Crippen LogP contribution in [-0.4, -0.2) is 19.8 Å². The van der Waals surface area contributed by atoms with E-state index in [2.05, 4.69) is 20.8 Å². The average Bonchev–Trinajstić information content (AvgIpc) is 2.32. The first-order chi connectivity index (χ1) is 5.11. The van der Waals surface area contributed by atoms with Gasteiger partial charge in [0.15, 0.2) is 0 Å². The fourth-order valence-electron chi connectivity index (χ4n) is 1.33. The summed E-state index contributed by atoms with van der Waals surface area (Å²) < 4.78 is 11.6. The van der Waals surface area contributed by atoms with Crippen molar-refractivity contribution >= 4 is 22.6 Å². The Morgan fingerprint density at radius 1 is 1.73 bits per heavy atom. The molecule has 0 N–H and O–H groups in total. The van der Waals surface area contributed by atoms with E-state index in [4.69, 9.17) is 0 Å². The van der Waals surface area contributed by atoms with Crippen LogP contribution in [0.1, 0.15) is 27.2 Å². The fraction of sp³-hybridized carbons (Fsp3) is 1.00. The molecule has 0 amide bonds. The van der Waals surface area contributed by atoms with Crippen molar-refractivity contribution < 1.29 is 4.21 Å². The van der Waals surface area contributed by atoms with Crippen LogP contribution >= 0.6 is 11.8 Å². The molecule has 0 aromatic heterocycles. The lowest BCUT2D eigenvalue weighted by atomic mass is 10.1. The predicted octanol–water partition coefficient (Wildman–Crippen LogP) is 2.24. The van der Waals surface area contributed by atoms with Crippen molar-refractivity contribution in [1.82, 2.24) is 0 Å². The summed E-state index contributed by atoms with van der Waals surface area (Å²) >= 11 is 1.89. The van der Waals surface area contributed by atoms with Gasteiger partial charge in [0.05, 0.1) is 4.08 Å². The van der Waals surface area contributed by atoms with Gasteiger partial charge in [0.25, 0.3) is 0 Å². The van der Waals surface area contributed by atoms with Crippen LogP contribution in [0.5, 0.6) is 0 Å². The van der Waals surface area contributed by atoms with E-state index >= 15 is 0 Å². The molecule has 0 aromatic carbocycles. The van der Waals surface area contributed by atoms with Gasteiger partial charge in [-0.3, -0.25) is 4.21 Å². The Bertz CT molecular complexity index is 169. The van der Waals surface area contributed by atoms with Gasteiger partial charge in [-0.05, 0) is 12.8 Å². The summed E-state index contributed by atoms with van der Waals surface area (Å²) in [6.45, 7) is 6.52. The van der Waals surface area contributed by atoms with E-state index in [1.807, 2.05) is 11.8 Å². The first-order valence-electron chi connectivity index (χ1n) is 4.13. The Morgan fingerprint density at radius 2 is 2.36 bits per heavy atom. The van der Waals surface area contributed by atoms with Crippen LogP contribution in [0.4, 0.5) is 0 Å². The van der Waals surface area contributed by atoms with E-state index in [1.165, 1.54) is 0 Å². The Kier molecular flexibility index (Phi) is 3.03. The normalized spacial score (nSPS) is 40.8. The lowest BCUT2D eigenvalue weighted by Crippen LogP contribution is -2.30. The average molecular weight is 192 g/mol. The predicted molar refractivity (Wildman–Crippen MR) is 53.3 cm³/mol. The van der Waals surface area contributed by atoms with E-state index < -0.39 is 10.8 Å². The van der Waals surface area contributed by atoms with Gasteiger partial charge in [-0.1, -0.05) is 20.3 Å². The number of hydrogen-bond donors (Lipinski definition) is 0. The lowest BCUT2D eigenvalue weighted by molar-refractivity contribution is 0.516. The molecule has 1 aliphatic heterocycles. The molecule has 66 valence electrons. The smallest absolute Gasteiger partial charge is 0.0906 e. The molecule has 1 fully saturated rings. The van der Waals surface area contributed by atoms with Gasteiger partial charge in [0.1, 0.15) is 0 Å². The molecule has 1 unspecified atom stereocenters. The van der Waals surface area contributed by atoms with Crippen molar-refractivity contribution in [2.45, 2.75) is 31.3 Å². The summed E-state index contributed by atoms with van der Waals surface area (Å²) in [5.41, 5.74) is 0. The summed E-state index contributed by atoms with van der Waals surface area (Å²) in [5, 5.41) is 0. The zero-order valence-electron chi connectivity index (χ0n) is 7.42. The Balaban J connectivity index is 2.72. The highest BCUT2D eigenvalue weighted by atomic mass is 32.2. The highest BCUT2D eigenvalue weighted by molar-refractivity contribution is 8.15. The van der Waals surface area contributed by atoms with Gasteiger partial charge >= 0.3 is 0 Å². The third kappa shape index (κ3) is 1.64. The maximum Gasteiger partial charge on any atom is 0.0906 e. The van der Waals surface area contributed by atoms with Gasteiger partial charge in [-0.2, -0.15) is 0 Å². The molecule has 1 rings (SSSR count). The second-order valence-corrected chi connectivity index (χ2v) is 6.97. The van der Waals surface area contributed by atoms with Crippen LogP contribution in [0.25, 0.3) is 0 Å². The van der Waals surface area contributed by atoms with Gasteiger partial charge in [-0.25, -0.2) is 0 Å². The van der Waals surface area contributed by atoms with Crippen LogP contribution in [0.15, 0.2) is 0 Å². The third-order valence-corrected chi connectivity index (χ3v) is 7.05. The van der Waals surface area contributed by atoms with Gasteiger partial charge in [0, 0.05) is 22.3 Å². The van der Waals surface area contributed by atoms with Crippen molar-refractivity contribution in [3.8, 4) is 0 Å². The van der Waals surface area contributed by atoms with Crippen molar-refractivity contribution in [1.29, 1.82) is 0 Å². The highest BCUT2D eigenvalue weighted by Gasteiger charge is 2.40. The minimum absolute atomic E-state index is 0.0503. The monoisotopic (exact) mass is 192 g/mol. The van der Waals surface area contributed by atoms with Crippen LogP contribution < -0.4 is 0 Å². The quantitative estimate of drug-likeness (QED) is 0.667. The lowest BCUT2D eigenvalue weighted by Gasteiger charge is -2.27.